The second-order valence-electron chi connectivity index (χ2n) is 5.73. The van der Waals surface area contributed by atoms with Crippen LogP contribution in [0.2, 0.25) is 0 Å². The Morgan fingerprint density at radius 3 is 2.22 bits per heavy atom. The highest BCUT2D eigenvalue weighted by atomic mass is 16.6. The van der Waals surface area contributed by atoms with Gasteiger partial charge in [-0.05, 0) is 33.6 Å². The molecule has 1 saturated heterocycles. The van der Waals surface area contributed by atoms with Crippen molar-refractivity contribution in [2.24, 2.45) is 5.92 Å². The summed E-state index contributed by atoms with van der Waals surface area (Å²) in [7, 11) is 0. The van der Waals surface area contributed by atoms with Crippen LogP contribution in [-0.4, -0.2) is 41.7 Å². The largest absolute Gasteiger partial charge is 0.544 e. The molecule has 18 heavy (non-hydrogen) atoms. The number of ether oxygens (including phenoxy) is 1. The predicted molar refractivity (Wildman–Crippen MR) is 62.2 cm³/mol. The van der Waals surface area contributed by atoms with Gasteiger partial charge in [0.1, 0.15) is 11.6 Å². The monoisotopic (exact) mass is 258 g/mol. The van der Waals surface area contributed by atoms with E-state index in [4.69, 9.17) is 4.74 Å². The first-order valence-corrected chi connectivity index (χ1v) is 6.22. The Morgan fingerprint density at radius 1 is 1.33 bits per heavy atom. The minimum absolute atomic E-state index is 0.0197. The third-order valence-electron chi connectivity index (χ3n) is 3.06. The van der Waals surface area contributed by atoms with Crippen LogP contribution in [0.3, 0.4) is 0 Å². The van der Waals surface area contributed by atoms with Gasteiger partial charge in [0.25, 0.3) is 0 Å². The number of carbonyl (C=O) groups excluding carboxylic acids is 2. The maximum absolute atomic E-state index is 11.8. The lowest BCUT2D eigenvalue weighted by Crippen LogP contribution is -2.72. The van der Waals surface area contributed by atoms with Crippen molar-refractivity contribution in [3.8, 4) is 0 Å². The number of carboxylic acids is 1. The molecule has 1 aliphatic rings. The molecule has 6 heteroatoms. The van der Waals surface area contributed by atoms with Gasteiger partial charge in [-0.1, -0.05) is 0 Å². The van der Waals surface area contributed by atoms with Crippen molar-refractivity contribution in [2.45, 2.75) is 45.3 Å². The summed E-state index contributed by atoms with van der Waals surface area (Å²) < 4.78 is 5.26. The zero-order valence-corrected chi connectivity index (χ0v) is 11.3. The minimum Gasteiger partial charge on any atom is -0.544 e. The summed E-state index contributed by atoms with van der Waals surface area (Å²) in [5, 5.41) is 10.7. The first-order chi connectivity index (χ1) is 8.20. The number of aliphatic carboxylic acids is 1. The van der Waals surface area contributed by atoms with Gasteiger partial charge < -0.3 is 25.3 Å². The molecule has 1 amide bonds. The normalized spacial score (nSPS) is 19.4. The van der Waals surface area contributed by atoms with Crippen molar-refractivity contribution in [1.29, 1.82) is 0 Å². The summed E-state index contributed by atoms with van der Waals surface area (Å²) in [6.45, 7) is 6.48. The van der Waals surface area contributed by atoms with Crippen molar-refractivity contribution < 1.29 is 25.2 Å². The number of piperidine rings is 1. The van der Waals surface area contributed by atoms with Crippen molar-refractivity contribution in [2.75, 3.05) is 13.1 Å². The molecular formula is C12H22N2O4. The van der Waals surface area contributed by atoms with E-state index < -0.39 is 17.6 Å². The zero-order valence-electron chi connectivity index (χ0n) is 11.3. The third-order valence-corrected chi connectivity index (χ3v) is 3.06. The highest BCUT2D eigenvalue weighted by molar-refractivity contribution is 5.70. The van der Waals surface area contributed by atoms with Crippen molar-refractivity contribution in [3.63, 3.8) is 0 Å². The van der Waals surface area contributed by atoms with E-state index in [1.807, 2.05) is 20.8 Å². The topological polar surface area (TPSA) is 97.3 Å². The fourth-order valence-electron chi connectivity index (χ4n) is 2.00. The molecule has 0 radical (unpaired) electrons. The molecule has 0 unspecified atom stereocenters. The van der Waals surface area contributed by atoms with E-state index in [1.165, 1.54) is 0 Å². The van der Waals surface area contributed by atoms with Gasteiger partial charge in [0.15, 0.2) is 0 Å². The van der Waals surface area contributed by atoms with E-state index in [2.05, 4.69) is 5.73 Å². The molecular weight excluding hydrogens is 236 g/mol. The van der Waals surface area contributed by atoms with Crippen LogP contribution in [0.25, 0.3) is 0 Å². The second kappa shape index (κ2) is 5.56. The van der Waals surface area contributed by atoms with Crippen LogP contribution in [0.15, 0.2) is 0 Å². The maximum atomic E-state index is 11.8. The lowest BCUT2D eigenvalue weighted by Gasteiger charge is -2.34. The summed E-state index contributed by atoms with van der Waals surface area (Å²) >= 11 is 0. The van der Waals surface area contributed by atoms with E-state index in [0.717, 1.165) is 0 Å². The predicted octanol–water partition coefficient (Wildman–Crippen LogP) is -1.01. The first-order valence-electron chi connectivity index (χ1n) is 6.22. The zero-order chi connectivity index (χ0) is 13.9. The lowest BCUT2D eigenvalue weighted by atomic mass is 9.90. The highest BCUT2D eigenvalue weighted by Crippen LogP contribution is 2.20. The number of hydrogen-bond acceptors (Lipinski definition) is 4. The molecule has 0 aliphatic carbocycles. The minimum atomic E-state index is -1.12. The SMILES string of the molecule is CC(C)(C)OC(=O)N1CCC([C@H]([NH3+])C(=O)[O-])CC1. The van der Waals surface area contributed by atoms with Crippen LogP contribution in [0.1, 0.15) is 33.6 Å². The van der Waals surface area contributed by atoms with Gasteiger partial charge in [0.2, 0.25) is 0 Å². The van der Waals surface area contributed by atoms with Crippen molar-refractivity contribution in [1.82, 2.24) is 4.90 Å². The standard InChI is InChI=1S/C12H22N2O4/c1-12(2,3)18-11(17)14-6-4-8(5-7-14)9(13)10(15)16/h8-9H,4-7,13H2,1-3H3,(H,15,16)/t9-/m0/s1. The Kier molecular flexibility index (Phi) is 4.56. The van der Waals surface area contributed by atoms with Gasteiger partial charge in [-0.25, -0.2) is 4.79 Å². The molecule has 1 aliphatic heterocycles. The number of carboxylic acid groups (broad SMARTS) is 1. The lowest BCUT2D eigenvalue weighted by molar-refractivity contribution is -0.449. The quantitative estimate of drug-likeness (QED) is 0.686. The van der Waals surface area contributed by atoms with Gasteiger partial charge in [-0.3, -0.25) is 0 Å². The van der Waals surface area contributed by atoms with Gasteiger partial charge in [0, 0.05) is 19.0 Å². The first kappa shape index (κ1) is 14.8. The molecule has 1 atom stereocenters. The fraction of sp³-hybridized carbons (Fsp3) is 0.833. The Bertz CT molecular complexity index is 317. The van der Waals surface area contributed by atoms with Gasteiger partial charge in [-0.15, -0.1) is 0 Å². The molecule has 1 fully saturated rings. The summed E-state index contributed by atoms with van der Waals surface area (Å²) in [5.74, 6) is -1.14. The average molecular weight is 258 g/mol. The van der Waals surface area contributed by atoms with Crippen LogP contribution in [0, 0.1) is 5.92 Å². The Balaban J connectivity index is 2.44. The summed E-state index contributed by atoms with van der Waals surface area (Å²) in [4.78, 5) is 24.1. The molecule has 6 nitrogen and oxygen atoms in total. The Labute approximate surface area is 107 Å². The van der Waals surface area contributed by atoms with Gasteiger partial charge in [0.05, 0.1) is 5.97 Å². The second-order valence-corrected chi connectivity index (χ2v) is 5.73. The third kappa shape index (κ3) is 4.18. The Hall–Kier alpha value is -1.30. The summed E-state index contributed by atoms with van der Waals surface area (Å²) in [5.41, 5.74) is 3.09. The van der Waals surface area contributed by atoms with Crippen molar-refractivity contribution >= 4 is 12.1 Å². The van der Waals surface area contributed by atoms with Crippen molar-refractivity contribution in [3.05, 3.63) is 0 Å². The molecule has 1 heterocycles. The number of nitrogens with zero attached hydrogens (tertiary/aromatic N) is 1. The van der Waals surface area contributed by atoms with E-state index in [1.54, 1.807) is 4.90 Å². The van der Waals surface area contributed by atoms with Crippen LogP contribution in [-0.2, 0) is 9.53 Å². The highest BCUT2D eigenvalue weighted by Gasteiger charge is 2.31. The molecule has 3 N–H and O–H groups in total. The molecule has 0 spiro atoms. The smallest absolute Gasteiger partial charge is 0.410 e. The molecule has 0 saturated carbocycles. The number of hydrogen-bond donors (Lipinski definition) is 1. The molecule has 0 bridgehead atoms. The van der Waals surface area contributed by atoms with E-state index in [-0.39, 0.29) is 12.0 Å². The fourth-order valence-corrected chi connectivity index (χ4v) is 2.00. The van der Waals surface area contributed by atoms with Crippen LogP contribution in [0.4, 0.5) is 4.79 Å². The summed E-state index contributed by atoms with van der Waals surface area (Å²) in [6, 6.07) is -0.703. The Morgan fingerprint density at radius 2 is 1.83 bits per heavy atom. The molecule has 0 aromatic heterocycles. The van der Waals surface area contributed by atoms with Gasteiger partial charge >= 0.3 is 6.09 Å². The molecule has 1 rings (SSSR count). The average Bonchev–Trinajstić information content (AvgIpc) is 2.26. The number of likely N-dealkylation sites (tertiary alicyclic amines) is 1. The molecule has 0 aromatic rings. The molecule has 0 aromatic carbocycles. The maximum Gasteiger partial charge on any atom is 0.410 e. The molecule has 104 valence electrons. The number of carbonyl (C=O) groups is 2. The van der Waals surface area contributed by atoms with Gasteiger partial charge in [-0.2, -0.15) is 0 Å². The van der Waals surface area contributed by atoms with Crippen LogP contribution < -0.4 is 10.8 Å². The summed E-state index contributed by atoms with van der Waals surface area (Å²) in [6.07, 6.45) is 0.915. The number of quaternary nitrogens is 1. The van der Waals surface area contributed by atoms with E-state index in [0.29, 0.717) is 25.9 Å². The number of rotatable bonds is 2. The van der Waals surface area contributed by atoms with Crippen LogP contribution in [0.5, 0.6) is 0 Å². The van der Waals surface area contributed by atoms with E-state index >= 15 is 0 Å². The van der Waals surface area contributed by atoms with E-state index in [9.17, 15) is 14.7 Å². The number of amides is 1. The van der Waals surface area contributed by atoms with Crippen LogP contribution >= 0.6 is 0 Å².